The smallest absolute Gasteiger partial charge is 0.204 e. The number of halogens is 3. The highest BCUT2D eigenvalue weighted by Gasteiger charge is 2.33. The van der Waals surface area contributed by atoms with E-state index in [1.807, 2.05) is 0 Å². The predicted molar refractivity (Wildman–Crippen MR) is 16.2 cm³/mol. The number of alkyl halides is 3. The minimum Gasteiger partial charge on any atom is -0.204 e. The van der Waals surface area contributed by atoms with Crippen LogP contribution in [0.1, 0.15) is 6.92 Å². The second-order valence-electron chi connectivity index (χ2n) is 1.29. The maximum Gasteiger partial charge on any atom is 0.298 e. The van der Waals surface area contributed by atoms with Crippen LogP contribution in [-0.2, 0) is 5.11 Å². The summed E-state index contributed by atoms with van der Waals surface area (Å²) >= 11 is 0. The number of rotatable bonds is 1. The molecule has 0 bridgehead atoms. The molecular weight excluding hydrogens is 109 g/mol. The van der Waals surface area contributed by atoms with Crippen molar-refractivity contribution in [2.45, 2.75) is 19.2 Å². The zero-order valence-electron chi connectivity index (χ0n) is 3.62. The summed E-state index contributed by atoms with van der Waals surface area (Å²) in [5, 5.41) is 9.39. The Balaban J connectivity index is 3.54. The van der Waals surface area contributed by atoms with Crippen LogP contribution in [-0.4, -0.2) is 12.3 Å². The lowest BCUT2D eigenvalue weighted by molar-refractivity contribution is -0.210. The average Bonchev–Trinajstić information content (AvgIpc) is 1.31. The molecule has 4 heteroatoms. The lowest BCUT2D eigenvalue weighted by Crippen LogP contribution is -2.24. The first-order valence-electron chi connectivity index (χ1n) is 1.62. The molecule has 0 aliphatic rings. The summed E-state index contributed by atoms with van der Waals surface area (Å²) < 4.78 is 32.9. The molecule has 0 aromatic rings. The van der Waals surface area contributed by atoms with Crippen LogP contribution in [0.25, 0.3) is 0 Å². The molecule has 0 aromatic carbocycles. The summed E-state index contributed by atoms with van der Waals surface area (Å²) in [6, 6.07) is 0. The Hall–Kier alpha value is -0.250. The highest BCUT2D eigenvalue weighted by Crippen LogP contribution is 2.15. The molecule has 7 heavy (non-hydrogen) atoms. The largest absolute Gasteiger partial charge is 0.298 e. The van der Waals surface area contributed by atoms with Crippen molar-refractivity contribution < 1.29 is 18.3 Å². The zero-order valence-corrected chi connectivity index (χ0v) is 3.62. The lowest BCUT2D eigenvalue weighted by Gasteiger charge is -2.05. The topological polar surface area (TPSA) is 19.9 Å². The van der Waals surface area contributed by atoms with E-state index >= 15 is 0 Å². The Kier molecular flexibility index (Phi) is 1.63. The second-order valence-corrected chi connectivity index (χ2v) is 1.29. The van der Waals surface area contributed by atoms with Crippen LogP contribution < -0.4 is 0 Å². The molecule has 0 heterocycles. The summed E-state index contributed by atoms with van der Waals surface area (Å²) in [6.45, 7) is 0.289. The van der Waals surface area contributed by atoms with Gasteiger partial charge in [-0.15, -0.1) is 0 Å². The highest BCUT2D eigenvalue weighted by atomic mass is 19.3. The lowest BCUT2D eigenvalue weighted by atomic mass is 10.4. The standard InChI is InChI=1S/C3H4F3O/c1-3(6,7)2(4)5/h2H,1H3/t3-/m1/s1. The molecule has 0 aromatic heterocycles. The van der Waals surface area contributed by atoms with Gasteiger partial charge >= 0.3 is 0 Å². The third-order valence-corrected chi connectivity index (χ3v) is 0.390. The molecule has 0 aliphatic heterocycles. The fourth-order valence-electron chi connectivity index (χ4n) is 0. The van der Waals surface area contributed by atoms with Crippen LogP contribution in [0.15, 0.2) is 0 Å². The summed E-state index contributed by atoms with van der Waals surface area (Å²) in [7, 11) is 0. The van der Waals surface area contributed by atoms with Gasteiger partial charge in [-0.3, -0.25) is 0 Å². The molecule has 0 rings (SSSR count). The first-order chi connectivity index (χ1) is 2.94. The van der Waals surface area contributed by atoms with E-state index in [1.165, 1.54) is 0 Å². The third kappa shape index (κ3) is 2.45. The molecule has 0 saturated heterocycles. The molecule has 0 spiro atoms. The molecule has 0 amide bonds. The maximum atomic E-state index is 11.2. The van der Waals surface area contributed by atoms with Crippen molar-refractivity contribution in [1.82, 2.24) is 0 Å². The van der Waals surface area contributed by atoms with Gasteiger partial charge in [0.25, 0.3) is 12.3 Å². The fourth-order valence-corrected chi connectivity index (χ4v) is 0. The monoisotopic (exact) mass is 113 g/mol. The molecule has 0 unspecified atom stereocenters. The van der Waals surface area contributed by atoms with Crippen LogP contribution in [0, 0.1) is 0 Å². The minimum atomic E-state index is -3.58. The van der Waals surface area contributed by atoms with E-state index in [-0.39, 0.29) is 6.92 Å². The van der Waals surface area contributed by atoms with E-state index in [4.69, 9.17) is 0 Å². The summed E-state index contributed by atoms with van der Waals surface area (Å²) in [6.07, 6.45) is -3.42. The molecule has 0 fully saturated rings. The van der Waals surface area contributed by atoms with Crippen molar-refractivity contribution >= 4 is 0 Å². The first kappa shape index (κ1) is 6.75. The number of hydrogen-bond acceptors (Lipinski definition) is 0. The van der Waals surface area contributed by atoms with E-state index in [1.54, 1.807) is 0 Å². The van der Waals surface area contributed by atoms with E-state index in [9.17, 15) is 18.3 Å². The first-order valence-corrected chi connectivity index (χ1v) is 1.62. The third-order valence-electron chi connectivity index (χ3n) is 0.390. The van der Waals surface area contributed by atoms with Crippen LogP contribution in [0.3, 0.4) is 0 Å². The van der Waals surface area contributed by atoms with Gasteiger partial charge in [-0.1, -0.05) is 0 Å². The molecule has 1 radical (unpaired) electrons. The summed E-state index contributed by atoms with van der Waals surface area (Å²) in [5.41, 5.74) is 0. The van der Waals surface area contributed by atoms with Crippen LogP contribution in [0.4, 0.5) is 13.2 Å². The molecule has 1 nitrogen and oxygen atoms in total. The number of hydrogen-bond donors (Lipinski definition) is 0. The van der Waals surface area contributed by atoms with Gasteiger partial charge in [0.2, 0.25) is 0 Å². The summed E-state index contributed by atoms with van der Waals surface area (Å²) in [4.78, 5) is 0. The van der Waals surface area contributed by atoms with Crippen molar-refractivity contribution in [3.05, 3.63) is 0 Å². The SMILES string of the molecule is C[C@]([O])(F)C(F)F. The van der Waals surface area contributed by atoms with E-state index < -0.39 is 12.3 Å². The predicted octanol–water partition coefficient (Wildman–Crippen LogP) is 1.37. The molecule has 1 atom stereocenters. The van der Waals surface area contributed by atoms with Crippen molar-refractivity contribution in [1.29, 1.82) is 0 Å². The maximum absolute atomic E-state index is 11.2. The summed E-state index contributed by atoms with van der Waals surface area (Å²) in [5.74, 6) is -3.58. The van der Waals surface area contributed by atoms with Crippen LogP contribution in [0.2, 0.25) is 0 Å². The van der Waals surface area contributed by atoms with Gasteiger partial charge in [-0.25, -0.2) is 13.2 Å². The Morgan fingerprint density at radius 2 is 1.71 bits per heavy atom. The van der Waals surface area contributed by atoms with Gasteiger partial charge in [0, 0.05) is 6.92 Å². The van der Waals surface area contributed by atoms with Gasteiger partial charge in [0.05, 0.1) is 0 Å². The highest BCUT2D eigenvalue weighted by molar-refractivity contribution is 4.56. The van der Waals surface area contributed by atoms with Crippen molar-refractivity contribution in [3.63, 3.8) is 0 Å². The van der Waals surface area contributed by atoms with Gasteiger partial charge in [-0.2, -0.15) is 5.11 Å². The van der Waals surface area contributed by atoms with E-state index in [0.717, 1.165) is 0 Å². The van der Waals surface area contributed by atoms with Crippen LogP contribution >= 0.6 is 0 Å². The quantitative estimate of drug-likeness (QED) is 0.489. The zero-order chi connectivity index (χ0) is 6.08. The Bertz CT molecular complexity index is 55.7. The van der Waals surface area contributed by atoms with Gasteiger partial charge < -0.3 is 0 Å². The molecule has 0 saturated carbocycles. The fraction of sp³-hybridized carbons (Fsp3) is 1.00. The Labute approximate surface area is 38.8 Å². The Morgan fingerprint density at radius 3 is 1.71 bits per heavy atom. The molecular formula is C3H4F3O. The molecule has 0 aliphatic carbocycles. The van der Waals surface area contributed by atoms with Crippen LogP contribution in [0.5, 0.6) is 0 Å². The average molecular weight is 113 g/mol. The van der Waals surface area contributed by atoms with Crippen molar-refractivity contribution in [2.24, 2.45) is 0 Å². The van der Waals surface area contributed by atoms with Crippen molar-refractivity contribution in [2.75, 3.05) is 0 Å². The molecule has 43 valence electrons. The van der Waals surface area contributed by atoms with E-state index in [0.29, 0.717) is 0 Å². The molecule has 0 N–H and O–H groups in total. The second kappa shape index (κ2) is 1.69. The normalized spacial score (nSPS) is 19.7. The minimum absolute atomic E-state index is 0.289. The van der Waals surface area contributed by atoms with Gasteiger partial charge in [0.15, 0.2) is 0 Å². The Morgan fingerprint density at radius 1 is 1.57 bits per heavy atom. The van der Waals surface area contributed by atoms with Gasteiger partial charge in [0.1, 0.15) is 0 Å². The van der Waals surface area contributed by atoms with E-state index in [2.05, 4.69) is 0 Å². The van der Waals surface area contributed by atoms with Gasteiger partial charge in [-0.05, 0) is 0 Å². The van der Waals surface area contributed by atoms with Crippen molar-refractivity contribution in [3.8, 4) is 0 Å².